The number of benzene rings is 3. The van der Waals surface area contributed by atoms with Crippen molar-refractivity contribution >= 4 is 23.3 Å². The Morgan fingerprint density at radius 1 is 0.913 bits per heavy atom. The van der Waals surface area contributed by atoms with Gasteiger partial charge in [0.15, 0.2) is 0 Å². The van der Waals surface area contributed by atoms with E-state index in [9.17, 15) is 14.7 Å². The number of para-hydroxylation sites is 2. The Kier molecular flexibility index (Phi) is 8.63. The molecule has 3 aliphatic heterocycles. The summed E-state index contributed by atoms with van der Waals surface area (Å²) in [6, 6.07) is 26.0. The van der Waals surface area contributed by atoms with Crippen molar-refractivity contribution in [3.05, 3.63) is 95.6 Å². The number of fused-ring (bicyclic) bond motifs is 1. The summed E-state index contributed by atoms with van der Waals surface area (Å²) in [5, 5.41) is 11.1. The highest BCUT2D eigenvalue weighted by Crippen LogP contribution is 2.44. The molecular weight excluding hydrogens is 576 g/mol. The predicted octanol–water partition coefficient (Wildman–Crippen LogP) is 5.79. The monoisotopic (exact) mass is 624 g/mol. The number of likely N-dealkylation sites (tertiary alicyclic amines) is 1. The minimum Gasteiger partial charge on any atom is -0.456 e. The molecule has 244 valence electrons. The summed E-state index contributed by atoms with van der Waals surface area (Å²) in [4.78, 5) is 36.3. The SMILES string of the molecule is CC(C)(C)OC(=O)c1ccccc1CN1CN(c2ccccc2)C2(CCN(CCCN3c4ccccc4C(C)(C)C3O)CC2)C1=O. The van der Waals surface area contributed by atoms with Crippen LogP contribution < -0.4 is 9.80 Å². The Bertz CT molecular complexity index is 1560. The zero-order valence-electron chi connectivity index (χ0n) is 27.9. The minimum atomic E-state index is -0.632. The first-order chi connectivity index (χ1) is 21.9. The lowest BCUT2D eigenvalue weighted by Crippen LogP contribution is -2.56. The van der Waals surface area contributed by atoms with E-state index in [0.717, 1.165) is 62.4 Å². The molecule has 3 aromatic rings. The second-order valence-corrected chi connectivity index (χ2v) is 14.6. The summed E-state index contributed by atoms with van der Waals surface area (Å²) in [5.74, 6) is -0.250. The lowest BCUT2D eigenvalue weighted by molar-refractivity contribution is -0.134. The molecule has 1 amide bonds. The molecule has 8 heteroatoms. The van der Waals surface area contributed by atoms with Gasteiger partial charge in [0, 0.05) is 43.0 Å². The van der Waals surface area contributed by atoms with Gasteiger partial charge >= 0.3 is 5.97 Å². The maximum atomic E-state index is 14.4. The Labute approximate surface area is 273 Å². The van der Waals surface area contributed by atoms with E-state index in [1.54, 1.807) is 6.07 Å². The number of nitrogens with zero attached hydrogens (tertiary/aromatic N) is 4. The van der Waals surface area contributed by atoms with Gasteiger partial charge in [0.25, 0.3) is 0 Å². The van der Waals surface area contributed by atoms with E-state index in [4.69, 9.17) is 4.74 Å². The van der Waals surface area contributed by atoms with Crippen molar-refractivity contribution in [1.82, 2.24) is 9.80 Å². The average Bonchev–Trinajstić information content (AvgIpc) is 3.40. The molecular formula is C38H48N4O4. The fraction of sp³-hybridized carbons (Fsp3) is 0.474. The standard InChI is InChI=1S/C38H48N4O4/c1-36(2,3)46-33(43)30-17-10-9-14-28(30)26-40-27-42(29-15-7-6-8-16-29)38(35(40)45)20-24-39(25-21-38)22-13-23-41-32-19-12-11-18-31(32)37(4,5)34(41)44/h6-12,14-19,34,44H,13,20-27H2,1-5H3. The second kappa shape index (κ2) is 12.4. The van der Waals surface area contributed by atoms with E-state index in [2.05, 4.69) is 52.8 Å². The van der Waals surface area contributed by atoms with Gasteiger partial charge in [0.1, 0.15) is 17.4 Å². The number of aliphatic hydroxyl groups excluding tert-OH is 1. The summed E-state index contributed by atoms with van der Waals surface area (Å²) >= 11 is 0. The van der Waals surface area contributed by atoms with Crippen LogP contribution in [0.25, 0.3) is 0 Å². The van der Waals surface area contributed by atoms with Gasteiger partial charge < -0.3 is 29.4 Å². The van der Waals surface area contributed by atoms with Gasteiger partial charge in [0.05, 0.1) is 12.2 Å². The molecule has 46 heavy (non-hydrogen) atoms. The van der Waals surface area contributed by atoms with Crippen LogP contribution in [0.3, 0.4) is 0 Å². The van der Waals surface area contributed by atoms with Crippen LogP contribution in [-0.2, 0) is 21.5 Å². The molecule has 0 aromatic heterocycles. The maximum Gasteiger partial charge on any atom is 0.338 e. The summed E-state index contributed by atoms with van der Waals surface area (Å²) in [7, 11) is 0. The van der Waals surface area contributed by atoms with Gasteiger partial charge in [-0.15, -0.1) is 0 Å². The summed E-state index contributed by atoms with van der Waals surface area (Å²) in [6.07, 6.45) is 1.84. The molecule has 1 unspecified atom stereocenters. The van der Waals surface area contributed by atoms with Crippen LogP contribution in [0.15, 0.2) is 78.9 Å². The molecule has 6 rings (SSSR count). The molecule has 3 aromatic carbocycles. The first-order valence-electron chi connectivity index (χ1n) is 16.6. The van der Waals surface area contributed by atoms with Crippen molar-refractivity contribution < 1.29 is 19.4 Å². The number of carbonyl (C=O) groups is 2. The highest BCUT2D eigenvalue weighted by molar-refractivity contribution is 5.94. The van der Waals surface area contributed by atoms with Crippen molar-refractivity contribution in [2.45, 2.75) is 83.2 Å². The van der Waals surface area contributed by atoms with Gasteiger partial charge in [-0.2, -0.15) is 0 Å². The van der Waals surface area contributed by atoms with Crippen LogP contribution in [0, 0.1) is 0 Å². The lowest BCUT2D eigenvalue weighted by Gasteiger charge is -2.43. The van der Waals surface area contributed by atoms with Gasteiger partial charge in [-0.1, -0.05) is 68.4 Å². The van der Waals surface area contributed by atoms with E-state index >= 15 is 0 Å². The molecule has 2 fully saturated rings. The first-order valence-corrected chi connectivity index (χ1v) is 16.6. The van der Waals surface area contributed by atoms with Gasteiger partial charge in [-0.3, -0.25) is 4.79 Å². The Morgan fingerprint density at radius 2 is 1.57 bits per heavy atom. The summed E-state index contributed by atoms with van der Waals surface area (Å²) in [6.45, 7) is 13.9. The van der Waals surface area contributed by atoms with Crippen LogP contribution in [0.1, 0.15) is 75.4 Å². The number of amides is 1. The number of carbonyl (C=O) groups excluding carboxylic acids is 2. The number of rotatable bonds is 8. The predicted molar refractivity (Wildman–Crippen MR) is 182 cm³/mol. The molecule has 0 aliphatic carbocycles. The zero-order chi connectivity index (χ0) is 32.7. The van der Waals surface area contributed by atoms with Crippen molar-refractivity contribution in [1.29, 1.82) is 0 Å². The molecule has 2 saturated heterocycles. The molecule has 3 heterocycles. The van der Waals surface area contributed by atoms with E-state index in [1.807, 2.05) is 74.2 Å². The Balaban J connectivity index is 1.14. The normalized spacial score (nSPS) is 20.8. The quantitative estimate of drug-likeness (QED) is 0.318. The van der Waals surface area contributed by atoms with Gasteiger partial charge in [-0.05, 0) is 82.0 Å². The number of anilines is 2. The van der Waals surface area contributed by atoms with Gasteiger partial charge in [0.2, 0.25) is 5.91 Å². The fourth-order valence-corrected chi connectivity index (χ4v) is 7.50. The largest absolute Gasteiger partial charge is 0.456 e. The average molecular weight is 625 g/mol. The molecule has 3 aliphatic rings. The van der Waals surface area contributed by atoms with Crippen LogP contribution in [0.4, 0.5) is 11.4 Å². The third-order valence-electron chi connectivity index (χ3n) is 9.98. The van der Waals surface area contributed by atoms with Gasteiger partial charge in [-0.25, -0.2) is 4.79 Å². The molecule has 1 atom stereocenters. The minimum absolute atomic E-state index is 0.119. The maximum absolute atomic E-state index is 14.4. The number of piperidine rings is 1. The third kappa shape index (κ3) is 6.00. The lowest BCUT2D eigenvalue weighted by atomic mass is 9.85. The number of hydrogen-bond acceptors (Lipinski definition) is 7. The summed E-state index contributed by atoms with van der Waals surface area (Å²) < 4.78 is 5.69. The Morgan fingerprint density at radius 3 is 2.28 bits per heavy atom. The fourth-order valence-electron chi connectivity index (χ4n) is 7.50. The number of ether oxygens (including phenoxy) is 1. The molecule has 0 saturated carbocycles. The van der Waals surface area contributed by atoms with Crippen LogP contribution in [0.2, 0.25) is 0 Å². The number of aliphatic hydroxyl groups is 1. The third-order valence-corrected chi connectivity index (χ3v) is 9.98. The smallest absolute Gasteiger partial charge is 0.338 e. The first kappa shape index (κ1) is 32.1. The van der Waals surface area contributed by atoms with Crippen molar-refractivity contribution in [3.8, 4) is 0 Å². The molecule has 1 spiro atoms. The van der Waals surface area contributed by atoms with E-state index in [-0.39, 0.29) is 17.3 Å². The highest BCUT2D eigenvalue weighted by atomic mass is 16.6. The van der Waals surface area contributed by atoms with E-state index in [0.29, 0.717) is 18.8 Å². The van der Waals surface area contributed by atoms with Crippen LogP contribution in [-0.4, -0.2) is 77.0 Å². The molecule has 1 N–H and O–H groups in total. The topological polar surface area (TPSA) is 76.6 Å². The number of hydrogen-bond donors (Lipinski definition) is 1. The van der Waals surface area contributed by atoms with E-state index in [1.165, 1.54) is 5.56 Å². The second-order valence-electron chi connectivity index (χ2n) is 14.6. The van der Waals surface area contributed by atoms with Crippen molar-refractivity contribution in [2.24, 2.45) is 0 Å². The van der Waals surface area contributed by atoms with Crippen LogP contribution in [0.5, 0.6) is 0 Å². The number of esters is 1. The molecule has 0 radical (unpaired) electrons. The molecule has 8 nitrogen and oxygen atoms in total. The molecule has 0 bridgehead atoms. The Hall–Kier alpha value is -3.88. The highest BCUT2D eigenvalue weighted by Gasteiger charge is 2.53. The summed E-state index contributed by atoms with van der Waals surface area (Å²) in [5.41, 5.74) is 3.11. The zero-order valence-corrected chi connectivity index (χ0v) is 27.9. The van der Waals surface area contributed by atoms with Crippen LogP contribution >= 0.6 is 0 Å². The van der Waals surface area contributed by atoms with Crippen molar-refractivity contribution in [2.75, 3.05) is 42.6 Å². The van der Waals surface area contributed by atoms with E-state index < -0.39 is 17.4 Å². The van der Waals surface area contributed by atoms with Crippen molar-refractivity contribution in [3.63, 3.8) is 0 Å².